The number of carboxylic acids is 1. The van der Waals surface area contributed by atoms with Crippen LogP contribution < -0.4 is 0 Å². The van der Waals surface area contributed by atoms with Crippen LogP contribution in [0.3, 0.4) is 0 Å². The molecule has 0 spiro atoms. The largest absolute Gasteiger partial charge is 0.478 e. The fourth-order valence-corrected chi connectivity index (χ4v) is 2.68. The van der Waals surface area contributed by atoms with Crippen molar-refractivity contribution in [2.24, 2.45) is 0 Å². The summed E-state index contributed by atoms with van der Waals surface area (Å²) in [4.78, 5) is 21.8. The van der Waals surface area contributed by atoms with Gasteiger partial charge >= 0.3 is 12.1 Å². The van der Waals surface area contributed by atoms with E-state index in [0.717, 1.165) is 23.5 Å². The molecule has 22 heavy (non-hydrogen) atoms. The number of aliphatic carboxylic acids is 1. The Morgan fingerprint density at radius 1 is 1.14 bits per heavy atom. The molecular weight excluding hydrogens is 317 g/mol. The summed E-state index contributed by atoms with van der Waals surface area (Å²) in [7, 11) is 0. The normalized spacial score (nSPS) is 11.8. The fourth-order valence-electron chi connectivity index (χ4n) is 1.72. The monoisotopic (exact) mass is 326 g/mol. The molecule has 114 valence electrons. The molecule has 0 amide bonds. The van der Waals surface area contributed by atoms with Crippen molar-refractivity contribution in [1.82, 2.24) is 0 Å². The van der Waals surface area contributed by atoms with E-state index in [1.807, 2.05) is 0 Å². The predicted molar refractivity (Wildman–Crippen MR) is 76.8 cm³/mol. The number of rotatable bonds is 4. The Hall–Kier alpha value is -2.41. The second-order valence-electron chi connectivity index (χ2n) is 4.29. The third-order valence-corrected chi connectivity index (χ3v) is 3.81. The molecule has 0 bridgehead atoms. The Labute approximate surface area is 127 Å². The van der Waals surface area contributed by atoms with Gasteiger partial charge in [0.25, 0.3) is 5.78 Å². The van der Waals surface area contributed by atoms with Crippen LogP contribution in [0.4, 0.5) is 13.2 Å². The Bertz CT molecular complexity index is 744. The first-order chi connectivity index (χ1) is 10.3. The van der Waals surface area contributed by atoms with E-state index < -0.39 is 17.9 Å². The minimum absolute atomic E-state index is 0.381. The second-order valence-corrected chi connectivity index (χ2v) is 5.37. The van der Waals surface area contributed by atoms with Gasteiger partial charge in [0.2, 0.25) is 0 Å². The Kier molecular flexibility index (Phi) is 4.46. The van der Waals surface area contributed by atoms with Crippen molar-refractivity contribution >= 4 is 29.2 Å². The molecule has 0 saturated heterocycles. The van der Waals surface area contributed by atoms with Gasteiger partial charge < -0.3 is 5.11 Å². The van der Waals surface area contributed by atoms with Crippen LogP contribution in [0.2, 0.25) is 0 Å². The lowest BCUT2D eigenvalue weighted by Gasteiger charge is -2.02. The molecule has 1 N–H and O–H groups in total. The number of carbonyl (C=O) groups excluding carboxylic acids is 1. The smallest absolute Gasteiger partial charge is 0.455 e. The minimum Gasteiger partial charge on any atom is -0.478 e. The van der Waals surface area contributed by atoms with Gasteiger partial charge in [0, 0.05) is 11.0 Å². The van der Waals surface area contributed by atoms with Crippen LogP contribution in [0.1, 0.15) is 15.2 Å². The van der Waals surface area contributed by atoms with Crippen molar-refractivity contribution in [2.45, 2.75) is 6.18 Å². The zero-order chi connectivity index (χ0) is 16.3. The zero-order valence-corrected chi connectivity index (χ0v) is 11.7. The summed E-state index contributed by atoms with van der Waals surface area (Å²) in [6.07, 6.45) is -2.55. The van der Waals surface area contributed by atoms with Gasteiger partial charge in [-0.2, -0.15) is 13.2 Å². The van der Waals surface area contributed by atoms with Crippen molar-refractivity contribution < 1.29 is 27.9 Å². The highest BCUT2D eigenvalue weighted by atomic mass is 32.1. The summed E-state index contributed by atoms with van der Waals surface area (Å²) >= 11 is 0.744. The van der Waals surface area contributed by atoms with Gasteiger partial charge in [0.05, 0.1) is 4.88 Å². The van der Waals surface area contributed by atoms with Gasteiger partial charge in [-0.05, 0) is 35.4 Å². The van der Waals surface area contributed by atoms with Gasteiger partial charge in [-0.25, -0.2) is 4.79 Å². The van der Waals surface area contributed by atoms with E-state index in [1.54, 1.807) is 24.3 Å². The molecule has 0 saturated carbocycles. The number of ketones is 1. The lowest BCUT2D eigenvalue weighted by molar-refractivity contribution is -0.131. The number of thiophene rings is 1. The standard InChI is InChI=1S/C15H9F3O3S/c16-15(17,18)14(21)12-6-5-11(22-12)10-3-1-2-9(8-10)4-7-13(19)20/h1-8H,(H,19,20). The maximum Gasteiger partial charge on any atom is 0.455 e. The van der Waals surface area contributed by atoms with Crippen LogP contribution in [0.15, 0.2) is 42.5 Å². The third kappa shape index (κ3) is 3.82. The Morgan fingerprint density at radius 3 is 2.50 bits per heavy atom. The van der Waals surface area contributed by atoms with Gasteiger partial charge in [0.15, 0.2) is 0 Å². The summed E-state index contributed by atoms with van der Waals surface area (Å²) < 4.78 is 37.1. The van der Waals surface area contributed by atoms with Crippen LogP contribution in [0.25, 0.3) is 16.5 Å². The number of benzene rings is 1. The van der Waals surface area contributed by atoms with Gasteiger partial charge in [0.1, 0.15) is 0 Å². The zero-order valence-electron chi connectivity index (χ0n) is 10.9. The van der Waals surface area contributed by atoms with E-state index in [-0.39, 0.29) is 4.88 Å². The molecule has 1 aromatic carbocycles. The molecule has 0 fully saturated rings. The maximum atomic E-state index is 12.4. The predicted octanol–water partition coefficient (Wildman–Crippen LogP) is 4.26. The van der Waals surface area contributed by atoms with E-state index in [2.05, 4.69) is 0 Å². The van der Waals surface area contributed by atoms with Gasteiger partial charge in [-0.3, -0.25) is 4.79 Å². The Morgan fingerprint density at radius 2 is 1.86 bits per heavy atom. The van der Waals surface area contributed by atoms with Crippen LogP contribution in [-0.2, 0) is 4.79 Å². The summed E-state index contributed by atoms with van der Waals surface area (Å²) in [5.74, 6) is -2.97. The number of Topliss-reactive ketones (excluding diaryl/α,β-unsaturated/α-hetero) is 1. The molecular formula is C15H9F3O3S. The molecule has 1 aromatic heterocycles. The van der Waals surface area contributed by atoms with Crippen molar-refractivity contribution in [2.75, 3.05) is 0 Å². The number of carbonyl (C=O) groups is 2. The quantitative estimate of drug-likeness (QED) is 0.675. The highest BCUT2D eigenvalue weighted by molar-refractivity contribution is 7.17. The highest BCUT2D eigenvalue weighted by Crippen LogP contribution is 2.32. The van der Waals surface area contributed by atoms with E-state index in [4.69, 9.17) is 5.11 Å². The number of hydrogen-bond donors (Lipinski definition) is 1. The van der Waals surface area contributed by atoms with Gasteiger partial charge in [-0.15, -0.1) is 11.3 Å². The van der Waals surface area contributed by atoms with E-state index >= 15 is 0 Å². The third-order valence-electron chi connectivity index (χ3n) is 2.68. The van der Waals surface area contributed by atoms with Crippen molar-refractivity contribution in [3.05, 3.63) is 52.9 Å². The van der Waals surface area contributed by atoms with E-state index in [1.165, 1.54) is 12.1 Å². The summed E-state index contributed by atoms with van der Waals surface area (Å²) in [6, 6.07) is 9.19. The molecule has 3 nitrogen and oxygen atoms in total. The van der Waals surface area contributed by atoms with Gasteiger partial charge in [-0.1, -0.05) is 18.2 Å². The van der Waals surface area contributed by atoms with E-state index in [9.17, 15) is 22.8 Å². The summed E-state index contributed by atoms with van der Waals surface area (Å²) in [6.45, 7) is 0. The van der Waals surface area contributed by atoms with Crippen molar-refractivity contribution in [1.29, 1.82) is 0 Å². The molecule has 0 aliphatic heterocycles. The molecule has 2 rings (SSSR count). The lowest BCUT2D eigenvalue weighted by atomic mass is 10.1. The van der Waals surface area contributed by atoms with Crippen LogP contribution in [0, 0.1) is 0 Å². The molecule has 0 aliphatic rings. The van der Waals surface area contributed by atoms with Crippen LogP contribution in [0.5, 0.6) is 0 Å². The van der Waals surface area contributed by atoms with Crippen LogP contribution >= 0.6 is 11.3 Å². The molecule has 1 heterocycles. The lowest BCUT2D eigenvalue weighted by Crippen LogP contribution is -2.21. The Balaban J connectivity index is 2.30. The SMILES string of the molecule is O=C(O)C=Cc1cccc(-c2ccc(C(=O)C(F)(F)F)s2)c1. The van der Waals surface area contributed by atoms with Crippen LogP contribution in [-0.4, -0.2) is 23.0 Å². The fraction of sp³-hybridized carbons (Fsp3) is 0.0667. The molecule has 0 aliphatic carbocycles. The second kappa shape index (κ2) is 6.15. The first-order valence-electron chi connectivity index (χ1n) is 6.00. The summed E-state index contributed by atoms with van der Waals surface area (Å²) in [5, 5.41) is 8.57. The summed E-state index contributed by atoms with van der Waals surface area (Å²) in [5.41, 5.74) is 1.20. The number of carboxylic acid groups (broad SMARTS) is 1. The first-order valence-corrected chi connectivity index (χ1v) is 6.82. The average molecular weight is 326 g/mol. The number of alkyl halides is 3. The first kappa shape index (κ1) is 16.0. The van der Waals surface area contributed by atoms with Crippen molar-refractivity contribution in [3.63, 3.8) is 0 Å². The molecule has 0 unspecified atom stereocenters. The minimum atomic E-state index is -4.89. The van der Waals surface area contributed by atoms with E-state index in [0.29, 0.717) is 16.0 Å². The topological polar surface area (TPSA) is 54.4 Å². The molecule has 7 heteroatoms. The average Bonchev–Trinajstić information content (AvgIpc) is 2.93. The molecule has 2 aromatic rings. The number of hydrogen-bond acceptors (Lipinski definition) is 3. The highest BCUT2D eigenvalue weighted by Gasteiger charge is 2.40. The number of halogens is 3. The van der Waals surface area contributed by atoms with Crippen molar-refractivity contribution in [3.8, 4) is 10.4 Å². The molecule has 0 radical (unpaired) electrons. The maximum absolute atomic E-state index is 12.4. The molecule has 0 atom stereocenters.